The number of thiocarbonyl (C=S) groups is 1. The van der Waals surface area contributed by atoms with E-state index in [2.05, 4.69) is 9.97 Å². The molecule has 0 saturated heterocycles. The first-order chi connectivity index (χ1) is 7.10. The zero-order valence-corrected chi connectivity index (χ0v) is 9.72. The Bertz CT molecular complexity index is 405. The summed E-state index contributed by atoms with van der Waals surface area (Å²) in [4.78, 5) is 19.0. The second-order valence-corrected chi connectivity index (χ2v) is 3.33. The van der Waals surface area contributed by atoms with Gasteiger partial charge < -0.3 is 4.74 Å². The van der Waals surface area contributed by atoms with Crippen molar-refractivity contribution in [2.24, 2.45) is 0 Å². The van der Waals surface area contributed by atoms with Crippen LogP contribution < -0.4 is 0 Å². The van der Waals surface area contributed by atoms with E-state index in [-0.39, 0.29) is 5.05 Å². The van der Waals surface area contributed by atoms with E-state index in [9.17, 15) is 4.79 Å². The van der Waals surface area contributed by atoms with Crippen LogP contribution in [0.25, 0.3) is 0 Å². The van der Waals surface area contributed by atoms with Gasteiger partial charge >= 0.3 is 0 Å². The van der Waals surface area contributed by atoms with Crippen molar-refractivity contribution in [3.8, 4) is 0 Å². The molecule has 80 valence electrons. The van der Waals surface area contributed by atoms with E-state index < -0.39 is 0 Å². The van der Waals surface area contributed by atoms with Crippen molar-refractivity contribution < 1.29 is 9.53 Å². The smallest absolute Gasteiger partial charge is 0.195 e. The van der Waals surface area contributed by atoms with Gasteiger partial charge in [0, 0.05) is 0 Å². The van der Waals surface area contributed by atoms with Crippen molar-refractivity contribution in [2.45, 2.75) is 20.8 Å². The standard InChI is InChI=1S/C10H12N2O2S/c1-4-14-10(15)9-6(2)11-7(3)12-8(9)5-13/h5H,4H2,1-3H3. The number of carbonyl (C=O) groups is 1. The van der Waals surface area contributed by atoms with Gasteiger partial charge in [0.25, 0.3) is 0 Å². The van der Waals surface area contributed by atoms with Gasteiger partial charge in [0.05, 0.1) is 17.9 Å². The van der Waals surface area contributed by atoms with Crippen LogP contribution >= 0.6 is 12.2 Å². The zero-order chi connectivity index (χ0) is 11.4. The molecule has 0 amide bonds. The lowest BCUT2D eigenvalue weighted by Crippen LogP contribution is -2.13. The second kappa shape index (κ2) is 4.93. The van der Waals surface area contributed by atoms with Crippen LogP contribution in [0.1, 0.15) is 34.5 Å². The number of aryl methyl sites for hydroxylation is 2. The molecule has 0 atom stereocenters. The van der Waals surface area contributed by atoms with Crippen LogP contribution in [0, 0.1) is 13.8 Å². The van der Waals surface area contributed by atoms with E-state index in [1.54, 1.807) is 13.8 Å². The van der Waals surface area contributed by atoms with Gasteiger partial charge in [0.2, 0.25) is 0 Å². The third kappa shape index (κ3) is 2.56. The van der Waals surface area contributed by atoms with Crippen molar-refractivity contribution in [3.05, 3.63) is 22.8 Å². The molecule has 0 aromatic carbocycles. The Hall–Kier alpha value is -1.36. The molecule has 1 rings (SSSR count). The van der Waals surface area contributed by atoms with E-state index in [1.165, 1.54) is 0 Å². The van der Waals surface area contributed by atoms with Crippen molar-refractivity contribution in [3.63, 3.8) is 0 Å². The number of ether oxygens (including phenoxy) is 1. The highest BCUT2D eigenvalue weighted by molar-refractivity contribution is 7.80. The van der Waals surface area contributed by atoms with Crippen LogP contribution in [0.15, 0.2) is 0 Å². The molecule has 0 aliphatic heterocycles. The summed E-state index contributed by atoms with van der Waals surface area (Å²) in [7, 11) is 0. The van der Waals surface area contributed by atoms with Gasteiger partial charge in [-0.15, -0.1) is 0 Å². The number of rotatable bonds is 3. The number of carbonyl (C=O) groups excluding carboxylic acids is 1. The molecule has 1 heterocycles. The SMILES string of the molecule is CCOC(=S)c1c(C)nc(C)nc1C=O. The van der Waals surface area contributed by atoms with Crippen LogP contribution in [0.2, 0.25) is 0 Å². The Labute approximate surface area is 93.7 Å². The molecular formula is C10H12N2O2S. The molecule has 1 aromatic heterocycles. The molecule has 0 spiro atoms. The van der Waals surface area contributed by atoms with Gasteiger partial charge in [0.1, 0.15) is 11.5 Å². The van der Waals surface area contributed by atoms with Crippen LogP contribution in [0.4, 0.5) is 0 Å². The number of aldehydes is 1. The maximum atomic E-state index is 10.8. The molecule has 0 N–H and O–H groups in total. The van der Waals surface area contributed by atoms with Crippen molar-refractivity contribution in [1.29, 1.82) is 0 Å². The lowest BCUT2D eigenvalue weighted by molar-refractivity contribution is 0.111. The van der Waals surface area contributed by atoms with Crippen molar-refractivity contribution >= 4 is 23.6 Å². The molecule has 0 radical (unpaired) electrons. The van der Waals surface area contributed by atoms with Gasteiger partial charge in [-0.2, -0.15) is 0 Å². The predicted molar refractivity (Wildman–Crippen MR) is 60.2 cm³/mol. The van der Waals surface area contributed by atoms with E-state index in [0.717, 1.165) is 0 Å². The monoisotopic (exact) mass is 224 g/mol. The van der Waals surface area contributed by atoms with E-state index in [1.807, 2.05) is 6.92 Å². The molecule has 0 bridgehead atoms. The van der Waals surface area contributed by atoms with Crippen molar-refractivity contribution in [2.75, 3.05) is 6.61 Å². The number of nitrogens with zero attached hydrogens (tertiary/aromatic N) is 2. The number of aromatic nitrogens is 2. The van der Waals surface area contributed by atoms with Gasteiger partial charge in [-0.3, -0.25) is 4.79 Å². The fourth-order valence-corrected chi connectivity index (χ4v) is 1.65. The maximum absolute atomic E-state index is 10.8. The molecule has 4 nitrogen and oxygen atoms in total. The average molecular weight is 224 g/mol. The predicted octanol–water partition coefficient (Wildman–Crippen LogP) is 1.62. The summed E-state index contributed by atoms with van der Waals surface area (Å²) in [6.45, 7) is 5.80. The van der Waals surface area contributed by atoms with Crippen LogP contribution in [-0.4, -0.2) is 27.9 Å². The highest BCUT2D eigenvalue weighted by Crippen LogP contribution is 2.11. The normalized spacial score (nSPS) is 9.80. The van der Waals surface area contributed by atoms with E-state index in [4.69, 9.17) is 17.0 Å². The maximum Gasteiger partial charge on any atom is 0.195 e. The van der Waals surface area contributed by atoms with Crippen LogP contribution in [0.5, 0.6) is 0 Å². The number of hydrogen-bond acceptors (Lipinski definition) is 5. The molecule has 0 saturated carbocycles. The van der Waals surface area contributed by atoms with Crippen LogP contribution in [-0.2, 0) is 4.74 Å². The fraction of sp³-hybridized carbons (Fsp3) is 0.400. The fourth-order valence-electron chi connectivity index (χ4n) is 1.28. The lowest BCUT2D eigenvalue weighted by atomic mass is 10.2. The lowest BCUT2D eigenvalue weighted by Gasteiger charge is -2.09. The quantitative estimate of drug-likeness (QED) is 0.577. The summed E-state index contributed by atoms with van der Waals surface area (Å²) in [5.74, 6) is 0.553. The Morgan fingerprint density at radius 2 is 2.13 bits per heavy atom. The van der Waals surface area contributed by atoms with E-state index >= 15 is 0 Å². The molecule has 0 fully saturated rings. The first-order valence-corrected chi connectivity index (χ1v) is 4.98. The Balaban J connectivity index is 3.26. The van der Waals surface area contributed by atoms with Crippen molar-refractivity contribution in [1.82, 2.24) is 9.97 Å². The first kappa shape index (κ1) is 11.7. The summed E-state index contributed by atoms with van der Waals surface area (Å²) in [6, 6.07) is 0. The minimum absolute atomic E-state index is 0.275. The minimum Gasteiger partial charge on any atom is -0.483 e. The average Bonchev–Trinajstić information content (AvgIpc) is 2.16. The summed E-state index contributed by atoms with van der Waals surface area (Å²) >= 11 is 5.04. The molecular weight excluding hydrogens is 212 g/mol. The van der Waals surface area contributed by atoms with Gasteiger partial charge in [-0.1, -0.05) is 0 Å². The second-order valence-electron chi connectivity index (χ2n) is 2.95. The molecule has 15 heavy (non-hydrogen) atoms. The third-order valence-electron chi connectivity index (χ3n) is 1.82. The van der Waals surface area contributed by atoms with Gasteiger partial charge in [-0.25, -0.2) is 9.97 Å². The summed E-state index contributed by atoms with van der Waals surface area (Å²) in [5, 5.41) is 0.275. The minimum atomic E-state index is 0.275. The summed E-state index contributed by atoms with van der Waals surface area (Å²) in [5.41, 5.74) is 1.48. The first-order valence-electron chi connectivity index (χ1n) is 4.57. The third-order valence-corrected chi connectivity index (χ3v) is 2.14. The summed E-state index contributed by atoms with van der Waals surface area (Å²) in [6.07, 6.45) is 0.669. The highest BCUT2D eigenvalue weighted by atomic mass is 32.1. The summed E-state index contributed by atoms with van der Waals surface area (Å²) < 4.78 is 5.18. The molecule has 5 heteroatoms. The Morgan fingerprint density at radius 1 is 1.47 bits per heavy atom. The molecule has 0 aliphatic rings. The topological polar surface area (TPSA) is 52.1 Å². The van der Waals surface area contributed by atoms with Crippen LogP contribution in [0.3, 0.4) is 0 Å². The number of hydrogen-bond donors (Lipinski definition) is 0. The molecule has 0 aliphatic carbocycles. The highest BCUT2D eigenvalue weighted by Gasteiger charge is 2.14. The van der Waals surface area contributed by atoms with Gasteiger partial charge in [0.15, 0.2) is 11.3 Å². The molecule has 0 unspecified atom stereocenters. The zero-order valence-electron chi connectivity index (χ0n) is 8.90. The Morgan fingerprint density at radius 3 is 2.67 bits per heavy atom. The largest absolute Gasteiger partial charge is 0.483 e. The van der Waals surface area contributed by atoms with E-state index in [0.29, 0.717) is 35.7 Å². The molecule has 1 aromatic rings. The Kier molecular flexibility index (Phi) is 3.85. The van der Waals surface area contributed by atoms with Gasteiger partial charge in [-0.05, 0) is 33.0 Å².